The Balaban J connectivity index is 0.000000157. The lowest BCUT2D eigenvalue weighted by atomic mass is 9.74. The number of para-hydroxylation sites is 2. The molecule has 16 aromatic rings. The van der Waals surface area contributed by atoms with Crippen molar-refractivity contribution < 1.29 is 37.6 Å². The first-order valence-electron chi connectivity index (χ1n) is 36.9. The zero-order valence-corrected chi connectivity index (χ0v) is 66.7. The molecule has 0 amide bonds. The Labute approximate surface area is 681 Å². The number of nitrogens with zero attached hydrogens (tertiary/aromatic N) is 4. The van der Waals surface area contributed by atoms with Crippen molar-refractivity contribution in [3.05, 3.63) is 288 Å². The van der Waals surface area contributed by atoms with E-state index >= 15 is 0 Å². The summed E-state index contributed by atoms with van der Waals surface area (Å²) in [5, 5.41) is 9.11. The molecule has 2 fully saturated rings. The zero-order valence-electron chi connectivity index (χ0n) is 63.5. The number of rotatable bonds is 13. The fourth-order valence-corrected chi connectivity index (χ4v) is 15.5. The average molecular weight is 1630 g/mol. The van der Waals surface area contributed by atoms with E-state index < -0.39 is 0 Å². The van der Waals surface area contributed by atoms with Crippen molar-refractivity contribution in [2.24, 2.45) is 0 Å². The molecule has 113 heavy (non-hydrogen) atoms. The third-order valence-electron chi connectivity index (χ3n) is 22.1. The van der Waals surface area contributed by atoms with E-state index in [1.54, 1.807) is 28.4 Å². The van der Waals surface area contributed by atoms with Crippen LogP contribution in [0.1, 0.15) is 77.7 Å². The highest BCUT2D eigenvalue weighted by atomic mass is 79.9. The van der Waals surface area contributed by atoms with Crippen molar-refractivity contribution >= 4 is 122 Å². The second-order valence-electron chi connectivity index (χ2n) is 29.8. The minimum absolute atomic E-state index is 0. The van der Waals surface area contributed by atoms with Crippen LogP contribution in [0.3, 0.4) is 0 Å². The minimum Gasteiger partial charge on any atom is -0.497 e. The third kappa shape index (κ3) is 15.1. The van der Waals surface area contributed by atoms with Crippen LogP contribution >= 0.6 is 31.9 Å². The molecule has 16 heteroatoms. The van der Waals surface area contributed by atoms with Crippen molar-refractivity contribution in [3.8, 4) is 90.5 Å². The smallest absolute Gasteiger partial charge is 0.494 e. The maximum absolute atomic E-state index is 6.10. The highest BCUT2D eigenvalue weighted by Gasteiger charge is 2.53. The summed E-state index contributed by atoms with van der Waals surface area (Å²) in [4.78, 5) is 10.8. The molecule has 4 heterocycles. The topological polar surface area (TPSA) is 109 Å². The van der Waals surface area contributed by atoms with Gasteiger partial charge >= 0.3 is 14.2 Å². The van der Waals surface area contributed by atoms with Gasteiger partial charge in [-0.1, -0.05) is 236 Å². The summed E-state index contributed by atoms with van der Waals surface area (Å²) < 4.78 is 53.7. The maximum atomic E-state index is 6.10. The molecule has 2 aromatic heterocycles. The summed E-state index contributed by atoms with van der Waals surface area (Å²) in [7, 11) is 6.00. The molecule has 2 aliphatic heterocycles. The molecule has 12 nitrogen and oxygen atoms in total. The van der Waals surface area contributed by atoms with Gasteiger partial charge in [0, 0.05) is 54.0 Å². The summed E-state index contributed by atoms with van der Waals surface area (Å²) in [6, 6.07) is 97.0. The van der Waals surface area contributed by atoms with E-state index in [4.69, 9.17) is 47.5 Å². The van der Waals surface area contributed by atoms with E-state index in [9.17, 15) is 0 Å². The largest absolute Gasteiger partial charge is 0.497 e. The number of methoxy groups -OCH3 is 4. The summed E-state index contributed by atoms with van der Waals surface area (Å²) in [6.45, 7) is 16.5. The number of fused-ring (bicyclic) bond motifs is 12. The van der Waals surface area contributed by atoms with Crippen molar-refractivity contribution in [2.75, 3.05) is 28.4 Å². The normalized spacial score (nSPS) is 14.4. The van der Waals surface area contributed by atoms with E-state index in [0.29, 0.717) is 11.5 Å². The minimum atomic E-state index is -0.345. The first-order chi connectivity index (χ1) is 53.1. The molecule has 0 bridgehead atoms. The predicted octanol–water partition coefficient (Wildman–Crippen LogP) is 24.8. The third-order valence-corrected chi connectivity index (χ3v) is 23.1. The van der Waals surface area contributed by atoms with Gasteiger partial charge in [0.05, 0.1) is 84.0 Å². The molecule has 2 saturated heterocycles. The summed E-state index contributed by atoms with van der Waals surface area (Å²) in [6.07, 6.45) is 0. The van der Waals surface area contributed by atoms with Crippen LogP contribution in [-0.2, 0) is 18.6 Å². The van der Waals surface area contributed by atoms with Crippen molar-refractivity contribution in [2.45, 2.75) is 100 Å². The molecule has 0 saturated carbocycles. The van der Waals surface area contributed by atoms with Crippen molar-refractivity contribution in [1.82, 2.24) is 19.1 Å². The van der Waals surface area contributed by atoms with Gasteiger partial charge in [0.2, 0.25) is 0 Å². The molecule has 0 atom stereocenters. The van der Waals surface area contributed by atoms with Crippen LogP contribution in [0, 0.1) is 0 Å². The Kier molecular flexibility index (Phi) is 23.0. The lowest BCUT2D eigenvalue weighted by molar-refractivity contribution is 0.00578. The molecule has 14 aromatic carbocycles. The van der Waals surface area contributed by atoms with Gasteiger partial charge < -0.3 is 37.6 Å². The Morgan fingerprint density at radius 2 is 0.602 bits per heavy atom. The number of benzene rings is 14. The molecule has 2 aliphatic rings. The lowest BCUT2D eigenvalue weighted by Gasteiger charge is -2.32. The van der Waals surface area contributed by atoms with Crippen LogP contribution in [0.2, 0.25) is 0 Å². The number of hydrogen-bond donors (Lipinski definition) is 0. The summed E-state index contributed by atoms with van der Waals surface area (Å²) in [5.41, 5.74) is 15.5. The van der Waals surface area contributed by atoms with E-state index in [-0.39, 0.29) is 58.9 Å². The van der Waals surface area contributed by atoms with Crippen molar-refractivity contribution in [1.29, 1.82) is 0 Å². The number of halogens is 2. The van der Waals surface area contributed by atoms with Crippen LogP contribution < -0.4 is 29.9 Å². The first kappa shape index (κ1) is 80.2. The molecule has 0 aliphatic carbocycles. The molecule has 0 spiro atoms. The van der Waals surface area contributed by atoms with Crippen LogP contribution in [0.5, 0.6) is 23.0 Å². The van der Waals surface area contributed by atoms with E-state index in [1.165, 1.54) is 27.5 Å². The van der Waals surface area contributed by atoms with Gasteiger partial charge in [-0.3, -0.25) is 9.13 Å². The summed E-state index contributed by atoms with van der Waals surface area (Å²) in [5.74, 6) is 4.46. The molecule has 0 unspecified atom stereocenters. The predicted molar refractivity (Wildman–Crippen MR) is 479 cm³/mol. The van der Waals surface area contributed by atoms with Gasteiger partial charge in [0.25, 0.3) is 0 Å². The Hall–Kier alpha value is -10.8. The number of imidazole rings is 2. The zero-order chi connectivity index (χ0) is 76.4. The Bertz CT molecular complexity index is 6050. The Morgan fingerprint density at radius 1 is 0.301 bits per heavy atom. The van der Waals surface area contributed by atoms with E-state index in [2.05, 4.69) is 291 Å². The number of ether oxygens (including phenoxy) is 4. The van der Waals surface area contributed by atoms with Gasteiger partial charge in [-0.25, -0.2) is 9.97 Å². The van der Waals surface area contributed by atoms with Gasteiger partial charge in [-0.05, 0) is 206 Å². The van der Waals surface area contributed by atoms with Crippen LogP contribution in [0.25, 0.3) is 133 Å². The molecular weight excluding hydrogens is 1530 g/mol. The molecule has 18 rings (SSSR count). The average Bonchev–Trinajstić information content (AvgIpc) is 1.60. The SMILES string of the molecule is C.C.C.CC1(C)OB(c2ccc(B3OC(C)(C)C(C)(C)O3)cc2)OC1(C)C.COc1ccc(-c2nc3c4cc(-c5ccccc5)ccc4c4ccc(-c5ccc(-c6ccccc6)cc5)cc4c3n2-c2ccccc2)c(OC)c1.COc1ccc(-c2nc3c4cc(Br)ccc4c4ccc(Br)cc4c3n2-c2ccccc2)c(OC)c1. The standard InChI is InChI=1S/C47H34N2O2.C29H20Br2N2O2.C18H28B2O4.3CH4/c1-50-38-24-27-41(44(30-38)51-2)47-48-45-42-28-35(32-14-8-4-9-15-32)22-25-39(42)40-26-23-36(29-43(40)46(45)49(47)37-16-10-5-11-17-37)34-20-18-33(19-21-34)31-12-6-3-7-13-31;1-34-20-10-13-23(26(16-20)35-2)29-32-27-24-14-17(30)8-11-21(24)22-12-9-18(31)15-25(22)28(27)33(29)19-6-4-3-5-7-19;1-15(2)16(3,4)22-19(21-15)13-9-11-14(12-10-13)20-23-17(5,6)18(7,8)24-20;;;/h3-30H,1-2H3;3-16H,1-2H3;9-12H,1-8H3;3*1H4. The summed E-state index contributed by atoms with van der Waals surface area (Å²) >= 11 is 7.37. The van der Waals surface area contributed by atoms with Crippen LogP contribution in [0.15, 0.2) is 288 Å². The molecular formula is C97H94B2Br2N4O8. The quantitative estimate of drug-likeness (QED) is 0.0818. The van der Waals surface area contributed by atoms with Gasteiger partial charge in [0.15, 0.2) is 0 Å². The highest BCUT2D eigenvalue weighted by molar-refractivity contribution is 9.10. The monoisotopic (exact) mass is 1620 g/mol. The molecule has 0 radical (unpaired) electrons. The lowest BCUT2D eigenvalue weighted by Crippen LogP contribution is -2.41. The van der Waals surface area contributed by atoms with E-state index in [0.717, 1.165) is 137 Å². The highest BCUT2D eigenvalue weighted by Crippen LogP contribution is 2.47. The number of aromatic nitrogens is 4. The first-order valence-corrected chi connectivity index (χ1v) is 38.4. The second-order valence-corrected chi connectivity index (χ2v) is 31.6. The molecule has 570 valence electrons. The second kappa shape index (κ2) is 32.4. The van der Waals surface area contributed by atoms with Crippen molar-refractivity contribution in [3.63, 3.8) is 0 Å². The number of hydrogen-bond acceptors (Lipinski definition) is 10. The van der Waals surface area contributed by atoms with Crippen LogP contribution in [0.4, 0.5) is 0 Å². The fraction of sp³-hybridized carbons (Fsp3) is 0.196. The van der Waals surface area contributed by atoms with Crippen LogP contribution in [-0.4, -0.2) is 84.2 Å². The maximum Gasteiger partial charge on any atom is 0.494 e. The van der Waals surface area contributed by atoms with Gasteiger partial charge in [0.1, 0.15) is 34.6 Å². The van der Waals surface area contributed by atoms with Gasteiger partial charge in [-0.15, -0.1) is 0 Å². The van der Waals surface area contributed by atoms with Gasteiger partial charge in [-0.2, -0.15) is 0 Å². The fourth-order valence-electron chi connectivity index (χ4n) is 14.8. The van der Waals surface area contributed by atoms with E-state index in [1.807, 2.05) is 84.9 Å². The molecule has 0 N–H and O–H groups in total. The Morgan fingerprint density at radius 3 is 0.982 bits per heavy atom.